The third kappa shape index (κ3) is 2.07. The Morgan fingerprint density at radius 2 is 2.22 bits per heavy atom. The van der Waals surface area contributed by atoms with Gasteiger partial charge in [0.15, 0.2) is 0 Å². The Kier molecular flexibility index (Phi) is 2.73. The SMILES string of the molecule is N#Cc1cn[nH]c1NC[C@@H]1C[C@H]1c1ccccc1. The summed E-state index contributed by atoms with van der Waals surface area (Å²) in [5.41, 5.74) is 1.99. The second-order valence-electron chi connectivity index (χ2n) is 4.66. The van der Waals surface area contributed by atoms with Crippen LogP contribution >= 0.6 is 0 Å². The molecule has 18 heavy (non-hydrogen) atoms. The Morgan fingerprint density at radius 1 is 1.39 bits per heavy atom. The van der Waals surface area contributed by atoms with Crippen molar-refractivity contribution >= 4 is 5.82 Å². The molecule has 2 N–H and O–H groups in total. The van der Waals surface area contributed by atoms with E-state index >= 15 is 0 Å². The lowest BCUT2D eigenvalue weighted by molar-refractivity contribution is 0.838. The monoisotopic (exact) mass is 238 g/mol. The zero-order chi connectivity index (χ0) is 12.4. The van der Waals surface area contributed by atoms with Crippen LogP contribution in [0.3, 0.4) is 0 Å². The fraction of sp³-hybridized carbons (Fsp3) is 0.286. The van der Waals surface area contributed by atoms with Crippen molar-refractivity contribution in [2.75, 3.05) is 11.9 Å². The Balaban J connectivity index is 1.57. The van der Waals surface area contributed by atoms with Gasteiger partial charge in [0.2, 0.25) is 0 Å². The number of nitrogens with zero attached hydrogens (tertiary/aromatic N) is 2. The molecule has 0 amide bonds. The van der Waals surface area contributed by atoms with E-state index in [2.05, 4.69) is 45.8 Å². The molecule has 4 nitrogen and oxygen atoms in total. The maximum absolute atomic E-state index is 8.87. The van der Waals surface area contributed by atoms with Crippen molar-refractivity contribution < 1.29 is 0 Å². The molecule has 0 aliphatic heterocycles. The molecule has 1 fully saturated rings. The average molecular weight is 238 g/mol. The second-order valence-corrected chi connectivity index (χ2v) is 4.66. The minimum absolute atomic E-state index is 0.576. The van der Waals surface area contributed by atoms with Gasteiger partial charge in [0, 0.05) is 6.54 Å². The molecular weight excluding hydrogens is 224 g/mol. The molecule has 0 spiro atoms. The number of H-pyrrole nitrogens is 1. The minimum Gasteiger partial charge on any atom is -0.369 e. The van der Waals surface area contributed by atoms with Gasteiger partial charge < -0.3 is 5.32 Å². The van der Waals surface area contributed by atoms with Crippen LogP contribution < -0.4 is 5.32 Å². The van der Waals surface area contributed by atoms with E-state index in [1.54, 1.807) is 6.20 Å². The molecule has 0 saturated heterocycles. The first-order valence-corrected chi connectivity index (χ1v) is 6.11. The van der Waals surface area contributed by atoms with E-state index in [1.165, 1.54) is 12.0 Å². The standard InChI is InChI=1S/C14H14N4/c15-7-12-9-17-18-14(12)16-8-11-6-13(11)10-4-2-1-3-5-10/h1-5,9,11,13H,6,8H2,(H2,16,17,18)/t11-,13-/m0/s1. The summed E-state index contributed by atoms with van der Waals surface area (Å²) in [5, 5.41) is 18.8. The van der Waals surface area contributed by atoms with Gasteiger partial charge in [-0.1, -0.05) is 30.3 Å². The highest BCUT2D eigenvalue weighted by atomic mass is 15.2. The summed E-state index contributed by atoms with van der Waals surface area (Å²) in [6.07, 6.45) is 2.76. The van der Waals surface area contributed by atoms with Gasteiger partial charge in [-0.3, -0.25) is 5.10 Å². The number of nitrogens with one attached hydrogen (secondary N) is 2. The first-order chi connectivity index (χ1) is 8.88. The van der Waals surface area contributed by atoms with Crippen molar-refractivity contribution in [2.24, 2.45) is 5.92 Å². The number of aromatic amines is 1. The van der Waals surface area contributed by atoms with Crippen LogP contribution in [0.4, 0.5) is 5.82 Å². The number of anilines is 1. The summed E-state index contributed by atoms with van der Waals surface area (Å²) in [7, 11) is 0. The van der Waals surface area contributed by atoms with E-state index in [9.17, 15) is 0 Å². The summed E-state index contributed by atoms with van der Waals surface area (Å²) in [4.78, 5) is 0. The summed E-state index contributed by atoms with van der Waals surface area (Å²) in [6, 6.07) is 12.7. The third-order valence-corrected chi connectivity index (χ3v) is 3.45. The predicted molar refractivity (Wildman–Crippen MR) is 69.1 cm³/mol. The first-order valence-electron chi connectivity index (χ1n) is 6.11. The fourth-order valence-corrected chi connectivity index (χ4v) is 2.32. The third-order valence-electron chi connectivity index (χ3n) is 3.45. The number of hydrogen-bond donors (Lipinski definition) is 2. The molecule has 1 heterocycles. The molecule has 1 aliphatic carbocycles. The highest BCUT2D eigenvalue weighted by Gasteiger charge is 2.37. The van der Waals surface area contributed by atoms with E-state index in [-0.39, 0.29) is 0 Å². The lowest BCUT2D eigenvalue weighted by Crippen LogP contribution is -2.06. The quantitative estimate of drug-likeness (QED) is 0.860. The number of aromatic nitrogens is 2. The van der Waals surface area contributed by atoms with Crippen LogP contribution in [0.5, 0.6) is 0 Å². The molecule has 1 aromatic carbocycles. The van der Waals surface area contributed by atoms with Gasteiger partial charge in [0.05, 0.1) is 6.20 Å². The normalized spacial score (nSPS) is 21.3. The van der Waals surface area contributed by atoms with Crippen molar-refractivity contribution in [3.63, 3.8) is 0 Å². The maximum Gasteiger partial charge on any atom is 0.139 e. The molecule has 4 heteroatoms. The van der Waals surface area contributed by atoms with Crippen molar-refractivity contribution in [1.82, 2.24) is 10.2 Å². The smallest absolute Gasteiger partial charge is 0.139 e. The highest BCUT2D eigenvalue weighted by Crippen LogP contribution is 2.47. The molecule has 90 valence electrons. The fourth-order valence-electron chi connectivity index (χ4n) is 2.32. The van der Waals surface area contributed by atoms with Crippen LogP contribution in [0.1, 0.15) is 23.5 Å². The summed E-state index contributed by atoms with van der Waals surface area (Å²) >= 11 is 0. The van der Waals surface area contributed by atoms with Gasteiger partial charge in [-0.05, 0) is 23.8 Å². The summed E-state index contributed by atoms with van der Waals surface area (Å²) in [6.45, 7) is 0.885. The Bertz CT molecular complexity index is 567. The summed E-state index contributed by atoms with van der Waals surface area (Å²) in [5.74, 6) is 2.05. The van der Waals surface area contributed by atoms with Gasteiger partial charge in [0.1, 0.15) is 17.5 Å². The predicted octanol–water partition coefficient (Wildman–Crippen LogP) is 2.50. The van der Waals surface area contributed by atoms with Gasteiger partial charge in [-0.15, -0.1) is 0 Å². The summed E-state index contributed by atoms with van der Waals surface area (Å²) < 4.78 is 0. The molecule has 2 aromatic rings. The molecule has 1 aliphatic rings. The van der Waals surface area contributed by atoms with Crippen LogP contribution in [0.2, 0.25) is 0 Å². The lowest BCUT2D eigenvalue weighted by atomic mass is 10.1. The molecule has 1 aromatic heterocycles. The highest BCUT2D eigenvalue weighted by molar-refractivity contribution is 5.50. The minimum atomic E-state index is 0.576. The van der Waals surface area contributed by atoms with Gasteiger partial charge in [-0.2, -0.15) is 10.4 Å². The zero-order valence-corrected chi connectivity index (χ0v) is 9.93. The van der Waals surface area contributed by atoms with Crippen molar-refractivity contribution in [3.05, 3.63) is 47.7 Å². The number of rotatable bonds is 4. The number of hydrogen-bond acceptors (Lipinski definition) is 3. The molecule has 3 rings (SSSR count). The Morgan fingerprint density at radius 3 is 3.00 bits per heavy atom. The van der Waals surface area contributed by atoms with Crippen LogP contribution in [-0.2, 0) is 0 Å². The van der Waals surface area contributed by atoms with E-state index in [1.807, 2.05) is 6.07 Å². The van der Waals surface area contributed by atoms with E-state index in [4.69, 9.17) is 5.26 Å². The largest absolute Gasteiger partial charge is 0.369 e. The van der Waals surface area contributed by atoms with E-state index in [0.29, 0.717) is 17.4 Å². The molecule has 0 radical (unpaired) electrons. The topological polar surface area (TPSA) is 64.5 Å². The van der Waals surface area contributed by atoms with Crippen molar-refractivity contribution in [3.8, 4) is 6.07 Å². The molecular formula is C14H14N4. The van der Waals surface area contributed by atoms with Crippen LogP contribution in [0, 0.1) is 17.2 Å². The molecule has 2 atom stereocenters. The van der Waals surface area contributed by atoms with Crippen LogP contribution in [0.15, 0.2) is 36.5 Å². The number of benzene rings is 1. The molecule has 1 saturated carbocycles. The average Bonchev–Trinajstić information content (AvgIpc) is 3.06. The lowest BCUT2D eigenvalue weighted by Gasteiger charge is -2.03. The van der Waals surface area contributed by atoms with Crippen molar-refractivity contribution in [1.29, 1.82) is 5.26 Å². The van der Waals surface area contributed by atoms with Gasteiger partial charge in [-0.25, -0.2) is 0 Å². The Hall–Kier alpha value is -2.28. The zero-order valence-electron chi connectivity index (χ0n) is 9.93. The van der Waals surface area contributed by atoms with Crippen molar-refractivity contribution in [2.45, 2.75) is 12.3 Å². The Labute approximate surface area is 106 Å². The van der Waals surface area contributed by atoms with Gasteiger partial charge in [0.25, 0.3) is 0 Å². The van der Waals surface area contributed by atoms with E-state index in [0.717, 1.165) is 12.4 Å². The first kappa shape index (κ1) is 10.8. The molecule has 0 unspecified atom stereocenters. The second kappa shape index (κ2) is 4.53. The number of nitriles is 1. The van der Waals surface area contributed by atoms with Gasteiger partial charge >= 0.3 is 0 Å². The van der Waals surface area contributed by atoms with Crippen LogP contribution in [0.25, 0.3) is 0 Å². The molecule has 0 bridgehead atoms. The van der Waals surface area contributed by atoms with Crippen LogP contribution in [-0.4, -0.2) is 16.7 Å². The maximum atomic E-state index is 8.87. The van der Waals surface area contributed by atoms with E-state index < -0.39 is 0 Å².